The third kappa shape index (κ3) is 3.02. The third-order valence-corrected chi connectivity index (χ3v) is 4.73. The number of hydrogen-bond donors (Lipinski definition) is 0. The van der Waals surface area contributed by atoms with E-state index in [1.807, 2.05) is 54.6 Å². The van der Waals surface area contributed by atoms with Gasteiger partial charge in [-0.15, -0.1) is 0 Å². The fourth-order valence-corrected chi connectivity index (χ4v) is 3.48. The number of anilines is 1. The number of halogens is 1. The Morgan fingerprint density at radius 3 is 2.65 bits per heavy atom. The minimum atomic E-state index is -0.0878. The van der Waals surface area contributed by atoms with Gasteiger partial charge in [-0.3, -0.25) is 9.59 Å². The van der Waals surface area contributed by atoms with Crippen LogP contribution in [0.3, 0.4) is 0 Å². The lowest BCUT2D eigenvalue weighted by Crippen LogP contribution is -2.25. The monoisotopic (exact) mass is 407 g/mol. The Hall–Kier alpha value is -2.92. The summed E-state index contributed by atoms with van der Waals surface area (Å²) in [5.41, 5.74) is 3.31. The van der Waals surface area contributed by atoms with E-state index in [9.17, 15) is 9.59 Å². The lowest BCUT2D eigenvalue weighted by atomic mass is 10.0. The summed E-state index contributed by atoms with van der Waals surface area (Å²) in [6.07, 6.45) is 2.55. The molecule has 0 atom stereocenters. The first-order chi connectivity index (χ1) is 12.7. The first-order valence-electron chi connectivity index (χ1n) is 8.08. The number of hydrogen-bond acceptors (Lipinski definition) is 3. The molecule has 1 amide bonds. The fraction of sp³-hybridized carbons (Fsp3) is 0.0476. The van der Waals surface area contributed by atoms with Gasteiger partial charge in [-0.2, -0.15) is 0 Å². The number of benzene rings is 2. The topological polar surface area (TPSA) is 50.5 Å². The van der Waals surface area contributed by atoms with E-state index >= 15 is 0 Å². The van der Waals surface area contributed by atoms with Crippen LogP contribution in [0, 0.1) is 0 Å². The van der Waals surface area contributed by atoms with Crippen LogP contribution in [0.15, 0.2) is 69.6 Å². The summed E-state index contributed by atoms with van der Waals surface area (Å²) < 4.78 is 6.40. The molecule has 0 spiro atoms. The highest BCUT2D eigenvalue weighted by atomic mass is 79.9. The second-order valence-corrected chi connectivity index (χ2v) is 6.86. The van der Waals surface area contributed by atoms with Gasteiger partial charge in [0.1, 0.15) is 5.76 Å². The first-order valence-corrected chi connectivity index (χ1v) is 8.87. The molecule has 3 aromatic rings. The third-order valence-electron chi connectivity index (χ3n) is 4.23. The summed E-state index contributed by atoms with van der Waals surface area (Å²) >= 11 is 3.46. The average molecular weight is 408 g/mol. The molecule has 1 aliphatic rings. The molecule has 0 aliphatic carbocycles. The van der Waals surface area contributed by atoms with Crippen LogP contribution in [0.1, 0.15) is 27.4 Å². The molecule has 0 N–H and O–H groups in total. The molecular formula is C21H14BrNO3. The molecule has 0 radical (unpaired) electrons. The molecule has 26 heavy (non-hydrogen) atoms. The molecule has 0 unspecified atom stereocenters. The Morgan fingerprint density at radius 2 is 1.88 bits per heavy atom. The lowest BCUT2D eigenvalue weighted by Gasteiger charge is -2.15. The summed E-state index contributed by atoms with van der Waals surface area (Å²) in [5, 5.41) is 0. The number of carbonyl (C=O) groups excluding carboxylic acids is 2. The van der Waals surface area contributed by atoms with Gasteiger partial charge < -0.3 is 9.32 Å². The maximum Gasteiger partial charge on any atom is 0.259 e. The van der Waals surface area contributed by atoms with Crippen LogP contribution in [0.2, 0.25) is 0 Å². The van der Waals surface area contributed by atoms with Crippen LogP contribution >= 0.6 is 15.9 Å². The van der Waals surface area contributed by atoms with Crippen LogP contribution in [-0.4, -0.2) is 12.2 Å². The Morgan fingerprint density at radius 1 is 1.04 bits per heavy atom. The van der Waals surface area contributed by atoms with Gasteiger partial charge in [0.15, 0.2) is 12.0 Å². The number of aldehydes is 1. The molecule has 0 fully saturated rings. The number of furan rings is 1. The van der Waals surface area contributed by atoms with Gasteiger partial charge in [0.25, 0.3) is 5.91 Å². The summed E-state index contributed by atoms with van der Waals surface area (Å²) in [7, 11) is 0. The van der Waals surface area contributed by atoms with E-state index in [2.05, 4.69) is 15.9 Å². The van der Waals surface area contributed by atoms with E-state index in [1.54, 1.807) is 17.0 Å². The Kier molecular flexibility index (Phi) is 4.31. The minimum Gasteiger partial charge on any atom is -0.456 e. The zero-order valence-electron chi connectivity index (χ0n) is 13.7. The van der Waals surface area contributed by atoms with Gasteiger partial charge in [-0.1, -0.05) is 46.3 Å². The summed E-state index contributed by atoms with van der Waals surface area (Å²) in [6, 6.07) is 18.8. The summed E-state index contributed by atoms with van der Waals surface area (Å²) in [6.45, 7) is 0.277. The number of rotatable bonds is 4. The maximum atomic E-state index is 13.1. The average Bonchev–Trinajstić information content (AvgIpc) is 3.21. The van der Waals surface area contributed by atoms with Crippen molar-refractivity contribution in [1.29, 1.82) is 0 Å². The second-order valence-electron chi connectivity index (χ2n) is 5.94. The maximum absolute atomic E-state index is 13.1. The van der Waals surface area contributed by atoms with Gasteiger partial charge in [-0.05, 0) is 42.0 Å². The van der Waals surface area contributed by atoms with Gasteiger partial charge in [0, 0.05) is 15.6 Å². The second kappa shape index (κ2) is 6.77. The van der Waals surface area contributed by atoms with Crippen LogP contribution in [-0.2, 0) is 11.3 Å². The first kappa shape index (κ1) is 16.5. The molecule has 0 bridgehead atoms. The van der Waals surface area contributed by atoms with Crippen LogP contribution in [0.25, 0.3) is 11.6 Å². The van der Waals surface area contributed by atoms with E-state index in [-0.39, 0.29) is 18.2 Å². The fourth-order valence-electron chi connectivity index (χ4n) is 3.06. The van der Waals surface area contributed by atoms with Crippen molar-refractivity contribution in [3.63, 3.8) is 0 Å². The number of carbonyl (C=O) groups is 2. The zero-order valence-corrected chi connectivity index (χ0v) is 15.3. The van der Waals surface area contributed by atoms with E-state index < -0.39 is 0 Å². The smallest absolute Gasteiger partial charge is 0.259 e. The molecule has 5 heteroatoms. The predicted octanol–water partition coefficient (Wildman–Crippen LogP) is 4.94. The van der Waals surface area contributed by atoms with E-state index in [1.165, 1.54) is 0 Å². The molecule has 2 heterocycles. The molecule has 4 rings (SSSR count). The van der Waals surface area contributed by atoms with Gasteiger partial charge in [0.05, 0.1) is 12.2 Å². The van der Waals surface area contributed by atoms with E-state index in [0.29, 0.717) is 17.6 Å². The highest BCUT2D eigenvalue weighted by molar-refractivity contribution is 9.10. The summed E-state index contributed by atoms with van der Waals surface area (Å²) in [4.78, 5) is 25.6. The molecule has 1 aromatic heterocycles. The standard InChI is InChI=1S/C21H14BrNO3/c22-15-5-3-4-14(10-15)11-19-18-6-1-2-7-20(18)23(21(19)25)12-16-8-9-17(13-24)26-16/h1-11,13H,12H2/b19-11+. The quantitative estimate of drug-likeness (QED) is 0.454. The van der Waals surface area contributed by atoms with Crippen molar-refractivity contribution in [1.82, 2.24) is 0 Å². The van der Waals surface area contributed by atoms with Gasteiger partial charge >= 0.3 is 0 Å². The van der Waals surface area contributed by atoms with Crippen LogP contribution in [0.5, 0.6) is 0 Å². The normalized spacial score (nSPS) is 14.7. The number of nitrogens with zero attached hydrogens (tertiary/aromatic N) is 1. The zero-order chi connectivity index (χ0) is 18.1. The molecule has 1 aliphatic heterocycles. The Bertz CT molecular complexity index is 1030. The van der Waals surface area contributed by atoms with Crippen LogP contribution < -0.4 is 4.90 Å². The van der Waals surface area contributed by atoms with Crippen molar-refractivity contribution in [2.24, 2.45) is 0 Å². The van der Waals surface area contributed by atoms with Gasteiger partial charge in [-0.25, -0.2) is 0 Å². The predicted molar refractivity (Wildman–Crippen MR) is 104 cm³/mol. The van der Waals surface area contributed by atoms with Crippen molar-refractivity contribution >= 4 is 45.5 Å². The molecule has 4 nitrogen and oxygen atoms in total. The van der Waals surface area contributed by atoms with Crippen molar-refractivity contribution in [2.75, 3.05) is 4.90 Å². The largest absolute Gasteiger partial charge is 0.456 e. The SMILES string of the molecule is O=Cc1ccc(CN2C(=O)/C(=C/c3cccc(Br)c3)c3ccccc32)o1. The van der Waals surface area contributed by atoms with Gasteiger partial charge in [0.2, 0.25) is 0 Å². The van der Waals surface area contributed by atoms with Crippen molar-refractivity contribution < 1.29 is 14.0 Å². The minimum absolute atomic E-state index is 0.0878. The molecule has 2 aromatic carbocycles. The summed E-state index contributed by atoms with van der Waals surface area (Å²) in [5.74, 6) is 0.735. The molecule has 128 valence electrons. The molecular weight excluding hydrogens is 394 g/mol. The number of para-hydroxylation sites is 1. The van der Waals surface area contributed by atoms with Crippen molar-refractivity contribution in [3.8, 4) is 0 Å². The van der Waals surface area contributed by atoms with E-state index in [0.717, 1.165) is 21.3 Å². The molecule has 0 saturated carbocycles. The highest BCUT2D eigenvalue weighted by Crippen LogP contribution is 2.38. The lowest BCUT2D eigenvalue weighted by molar-refractivity contribution is -0.113. The van der Waals surface area contributed by atoms with Crippen LogP contribution in [0.4, 0.5) is 5.69 Å². The molecule has 0 saturated heterocycles. The Labute approximate surface area is 158 Å². The highest BCUT2D eigenvalue weighted by Gasteiger charge is 2.32. The number of fused-ring (bicyclic) bond motifs is 1. The Balaban J connectivity index is 1.74. The van der Waals surface area contributed by atoms with Crippen molar-refractivity contribution in [3.05, 3.63) is 87.8 Å². The number of amides is 1. The van der Waals surface area contributed by atoms with Crippen molar-refractivity contribution in [2.45, 2.75) is 6.54 Å². The van der Waals surface area contributed by atoms with E-state index in [4.69, 9.17) is 4.42 Å².